The van der Waals surface area contributed by atoms with Crippen molar-refractivity contribution in [1.29, 1.82) is 0 Å². The standard InChI is InChI=1S/C12H16O3/c1-5-10(13)9-6-11(14-3)8(2)12(7-9)15-4/h5-7,10,13H,1H2,2-4H3. The SMILES string of the molecule is C=CC(O)c1cc(OC)c(C)c(OC)c1. The maximum atomic E-state index is 9.63. The maximum Gasteiger partial charge on any atom is 0.125 e. The van der Waals surface area contributed by atoms with Crippen molar-refractivity contribution >= 4 is 0 Å². The first-order valence-corrected chi connectivity index (χ1v) is 4.67. The summed E-state index contributed by atoms with van der Waals surface area (Å²) in [5.74, 6) is 1.40. The molecular formula is C12H16O3. The lowest BCUT2D eigenvalue weighted by Gasteiger charge is -2.14. The van der Waals surface area contributed by atoms with Crippen LogP contribution in [0.4, 0.5) is 0 Å². The van der Waals surface area contributed by atoms with Crippen molar-refractivity contribution in [3.05, 3.63) is 35.9 Å². The van der Waals surface area contributed by atoms with E-state index < -0.39 is 6.10 Å². The lowest BCUT2D eigenvalue weighted by molar-refractivity contribution is 0.227. The summed E-state index contributed by atoms with van der Waals surface area (Å²) in [6.45, 7) is 5.44. The van der Waals surface area contributed by atoms with Gasteiger partial charge in [0.2, 0.25) is 0 Å². The first kappa shape index (κ1) is 11.6. The van der Waals surface area contributed by atoms with Crippen molar-refractivity contribution in [3.63, 3.8) is 0 Å². The van der Waals surface area contributed by atoms with E-state index >= 15 is 0 Å². The third-order valence-electron chi connectivity index (χ3n) is 2.34. The lowest BCUT2D eigenvalue weighted by atomic mass is 10.1. The first-order valence-electron chi connectivity index (χ1n) is 4.67. The summed E-state index contributed by atoms with van der Waals surface area (Å²) >= 11 is 0. The topological polar surface area (TPSA) is 38.7 Å². The number of benzene rings is 1. The van der Waals surface area contributed by atoms with Gasteiger partial charge in [0.25, 0.3) is 0 Å². The monoisotopic (exact) mass is 208 g/mol. The molecule has 0 aliphatic heterocycles. The summed E-state index contributed by atoms with van der Waals surface area (Å²) in [6.07, 6.45) is 0.761. The van der Waals surface area contributed by atoms with Gasteiger partial charge in [0, 0.05) is 5.56 Å². The smallest absolute Gasteiger partial charge is 0.125 e. The third kappa shape index (κ3) is 2.30. The Labute approximate surface area is 90.0 Å². The zero-order valence-corrected chi connectivity index (χ0v) is 9.28. The van der Waals surface area contributed by atoms with Crippen LogP contribution in [0.1, 0.15) is 17.2 Å². The van der Waals surface area contributed by atoms with E-state index in [1.54, 1.807) is 26.4 Å². The first-order chi connectivity index (χ1) is 7.13. The summed E-state index contributed by atoms with van der Waals surface area (Å²) < 4.78 is 10.4. The number of rotatable bonds is 4. The molecule has 0 heterocycles. The van der Waals surface area contributed by atoms with Gasteiger partial charge in [0.1, 0.15) is 11.5 Å². The predicted molar refractivity (Wildman–Crippen MR) is 59.4 cm³/mol. The van der Waals surface area contributed by atoms with Crippen LogP contribution in [-0.2, 0) is 0 Å². The highest BCUT2D eigenvalue weighted by Crippen LogP contribution is 2.32. The zero-order chi connectivity index (χ0) is 11.4. The van der Waals surface area contributed by atoms with Crippen molar-refractivity contribution in [3.8, 4) is 11.5 Å². The van der Waals surface area contributed by atoms with Crippen LogP contribution in [0.2, 0.25) is 0 Å². The third-order valence-corrected chi connectivity index (χ3v) is 2.34. The molecule has 0 spiro atoms. The quantitative estimate of drug-likeness (QED) is 0.771. The van der Waals surface area contributed by atoms with Crippen LogP contribution in [0.5, 0.6) is 11.5 Å². The largest absolute Gasteiger partial charge is 0.496 e. The van der Waals surface area contributed by atoms with Gasteiger partial charge in [0.15, 0.2) is 0 Å². The van der Waals surface area contributed by atoms with Crippen molar-refractivity contribution in [2.24, 2.45) is 0 Å². The Bertz CT molecular complexity index is 333. The van der Waals surface area contributed by atoms with E-state index in [2.05, 4.69) is 6.58 Å². The van der Waals surface area contributed by atoms with Crippen molar-refractivity contribution < 1.29 is 14.6 Å². The molecule has 0 radical (unpaired) electrons. The molecule has 82 valence electrons. The maximum absolute atomic E-state index is 9.63. The average molecular weight is 208 g/mol. The zero-order valence-electron chi connectivity index (χ0n) is 9.28. The van der Waals surface area contributed by atoms with E-state index in [9.17, 15) is 5.11 Å². The molecule has 1 rings (SSSR count). The van der Waals surface area contributed by atoms with Gasteiger partial charge < -0.3 is 14.6 Å². The van der Waals surface area contributed by atoms with E-state index in [0.29, 0.717) is 17.1 Å². The molecule has 0 aliphatic carbocycles. The van der Waals surface area contributed by atoms with E-state index in [0.717, 1.165) is 5.56 Å². The molecule has 15 heavy (non-hydrogen) atoms. The van der Waals surface area contributed by atoms with Gasteiger partial charge in [-0.25, -0.2) is 0 Å². The van der Waals surface area contributed by atoms with Crippen LogP contribution >= 0.6 is 0 Å². The highest BCUT2D eigenvalue weighted by atomic mass is 16.5. The molecule has 1 atom stereocenters. The van der Waals surface area contributed by atoms with Crippen LogP contribution in [0.3, 0.4) is 0 Å². The fraction of sp³-hybridized carbons (Fsp3) is 0.333. The summed E-state index contributed by atoms with van der Waals surface area (Å²) in [5, 5.41) is 9.63. The molecule has 0 bridgehead atoms. The molecule has 0 fully saturated rings. The Balaban J connectivity index is 3.26. The van der Waals surface area contributed by atoms with Crippen LogP contribution in [0, 0.1) is 6.92 Å². The van der Waals surface area contributed by atoms with Gasteiger partial charge in [-0.3, -0.25) is 0 Å². The number of hydrogen-bond donors (Lipinski definition) is 1. The highest BCUT2D eigenvalue weighted by molar-refractivity contribution is 5.48. The Morgan fingerprint density at radius 3 is 2.07 bits per heavy atom. The van der Waals surface area contributed by atoms with Crippen LogP contribution in [0.25, 0.3) is 0 Å². The highest BCUT2D eigenvalue weighted by Gasteiger charge is 2.11. The van der Waals surface area contributed by atoms with E-state index in [-0.39, 0.29) is 0 Å². The lowest BCUT2D eigenvalue weighted by Crippen LogP contribution is -1.98. The summed E-state index contributed by atoms with van der Waals surface area (Å²) in [6, 6.07) is 3.56. The second-order valence-electron chi connectivity index (χ2n) is 3.23. The molecule has 0 saturated carbocycles. The van der Waals surface area contributed by atoms with E-state index in [4.69, 9.17) is 9.47 Å². The van der Waals surface area contributed by atoms with Crippen molar-refractivity contribution in [2.75, 3.05) is 14.2 Å². The van der Waals surface area contributed by atoms with Gasteiger partial charge in [-0.1, -0.05) is 6.08 Å². The molecule has 1 aromatic carbocycles. The molecule has 1 aromatic rings. The molecule has 0 saturated heterocycles. The summed E-state index contributed by atoms with van der Waals surface area (Å²) in [7, 11) is 3.18. The second-order valence-corrected chi connectivity index (χ2v) is 3.23. The molecule has 1 unspecified atom stereocenters. The Hall–Kier alpha value is -1.48. The predicted octanol–water partition coefficient (Wildman–Crippen LogP) is 2.23. The van der Waals surface area contributed by atoms with Crippen molar-refractivity contribution in [1.82, 2.24) is 0 Å². The molecule has 3 nitrogen and oxygen atoms in total. The molecular weight excluding hydrogens is 192 g/mol. The van der Waals surface area contributed by atoms with Gasteiger partial charge >= 0.3 is 0 Å². The fourth-order valence-electron chi connectivity index (χ4n) is 1.41. The molecule has 3 heteroatoms. The molecule has 1 N–H and O–H groups in total. The minimum Gasteiger partial charge on any atom is -0.496 e. The molecule has 0 aromatic heterocycles. The second kappa shape index (κ2) is 4.84. The van der Waals surface area contributed by atoms with E-state index in [1.807, 2.05) is 6.92 Å². The summed E-state index contributed by atoms with van der Waals surface area (Å²) in [4.78, 5) is 0. The Morgan fingerprint density at radius 2 is 1.73 bits per heavy atom. The minimum atomic E-state index is -0.701. The van der Waals surface area contributed by atoms with Gasteiger partial charge in [-0.05, 0) is 24.6 Å². The average Bonchev–Trinajstić information content (AvgIpc) is 2.28. The fourth-order valence-corrected chi connectivity index (χ4v) is 1.41. The minimum absolute atomic E-state index is 0.699. The Kier molecular flexibility index (Phi) is 3.74. The van der Waals surface area contributed by atoms with Crippen LogP contribution in [-0.4, -0.2) is 19.3 Å². The molecule has 0 aliphatic rings. The van der Waals surface area contributed by atoms with Gasteiger partial charge in [-0.15, -0.1) is 6.58 Å². The number of methoxy groups -OCH3 is 2. The van der Waals surface area contributed by atoms with Gasteiger partial charge in [0.05, 0.1) is 20.3 Å². The van der Waals surface area contributed by atoms with Crippen LogP contribution < -0.4 is 9.47 Å². The molecule has 0 amide bonds. The Morgan fingerprint density at radius 1 is 1.27 bits per heavy atom. The van der Waals surface area contributed by atoms with Gasteiger partial charge in [-0.2, -0.15) is 0 Å². The van der Waals surface area contributed by atoms with Crippen LogP contribution in [0.15, 0.2) is 24.8 Å². The normalized spacial score (nSPS) is 12.0. The number of aliphatic hydroxyl groups excluding tert-OH is 1. The van der Waals surface area contributed by atoms with Crippen molar-refractivity contribution in [2.45, 2.75) is 13.0 Å². The number of ether oxygens (including phenoxy) is 2. The van der Waals surface area contributed by atoms with E-state index in [1.165, 1.54) is 6.08 Å². The number of aliphatic hydroxyl groups is 1. The number of hydrogen-bond acceptors (Lipinski definition) is 3. The summed E-state index contributed by atoms with van der Waals surface area (Å²) in [5.41, 5.74) is 1.63.